The van der Waals surface area contributed by atoms with Crippen LogP contribution in [0.3, 0.4) is 0 Å². The summed E-state index contributed by atoms with van der Waals surface area (Å²) < 4.78 is 59.0. The van der Waals surface area contributed by atoms with E-state index in [1.54, 1.807) is 0 Å². The van der Waals surface area contributed by atoms with Crippen LogP contribution in [0.4, 0.5) is 0 Å². The van der Waals surface area contributed by atoms with Crippen LogP contribution < -0.4 is 0 Å². The Kier molecular flexibility index (Phi) is 36.9. The molecule has 0 amide bonds. The van der Waals surface area contributed by atoms with Crippen LogP contribution in [0, 0.1) is 0 Å². The van der Waals surface area contributed by atoms with E-state index in [1.165, 1.54) is 161 Å². The van der Waals surface area contributed by atoms with Crippen LogP contribution in [-0.4, -0.2) is 97.5 Å². The van der Waals surface area contributed by atoms with Gasteiger partial charge < -0.3 is 34.3 Å². The molecule has 352 valence electrons. The molecule has 0 aromatic carbocycles. The summed E-state index contributed by atoms with van der Waals surface area (Å²) in [5.74, 6) is -0.397. The molecule has 0 spiro atoms. The Bertz CT molecular complexity index is 1050. The van der Waals surface area contributed by atoms with Gasteiger partial charge >= 0.3 is 16.4 Å². The van der Waals surface area contributed by atoms with Crippen LogP contribution in [0.5, 0.6) is 0 Å². The number of rotatable bonds is 43. The number of hydrogen-bond donors (Lipinski definition) is 4. The number of ether oxygens (including phenoxy) is 4. The average Bonchev–Trinajstić information content (AvgIpc) is 3.20. The molecular weight excluding hydrogens is 777 g/mol. The SMILES string of the molecule is CCCCCCCCCCCCCCCCCCCCCCCCCOCC(COC1OC(CO)C(O)C(OS(=O)(=O)O)C1O)OC(=O)CCCCCCCCCCC. The molecule has 6 unspecified atom stereocenters. The summed E-state index contributed by atoms with van der Waals surface area (Å²) in [6.07, 6.45) is 31.6. The first-order valence-electron chi connectivity index (χ1n) is 24.3. The summed E-state index contributed by atoms with van der Waals surface area (Å²) in [4.78, 5) is 12.8. The minimum Gasteiger partial charge on any atom is -0.457 e. The smallest absolute Gasteiger partial charge is 0.397 e. The predicted molar refractivity (Wildman–Crippen MR) is 235 cm³/mol. The maximum Gasteiger partial charge on any atom is 0.397 e. The zero-order valence-corrected chi connectivity index (χ0v) is 38.4. The van der Waals surface area contributed by atoms with E-state index in [2.05, 4.69) is 18.0 Å². The molecule has 13 heteroatoms. The highest BCUT2D eigenvalue weighted by atomic mass is 32.3. The van der Waals surface area contributed by atoms with Crippen LogP contribution in [0.1, 0.15) is 226 Å². The number of carbonyl (C=O) groups excluding carboxylic acids is 1. The van der Waals surface area contributed by atoms with Crippen molar-refractivity contribution in [3.63, 3.8) is 0 Å². The van der Waals surface area contributed by atoms with E-state index in [0.29, 0.717) is 13.0 Å². The van der Waals surface area contributed by atoms with Crippen LogP contribution in [0.15, 0.2) is 0 Å². The maximum absolute atomic E-state index is 12.8. The van der Waals surface area contributed by atoms with Crippen molar-refractivity contribution >= 4 is 16.4 Å². The second-order valence-corrected chi connectivity index (χ2v) is 18.1. The van der Waals surface area contributed by atoms with Crippen molar-refractivity contribution in [2.45, 2.75) is 263 Å². The third-order valence-corrected chi connectivity index (χ3v) is 11.9. The lowest BCUT2D eigenvalue weighted by Gasteiger charge is -2.41. The normalized spacial score (nSPS) is 20.3. The Labute approximate surface area is 360 Å². The molecule has 4 N–H and O–H groups in total. The van der Waals surface area contributed by atoms with E-state index in [9.17, 15) is 28.5 Å². The molecule has 0 aliphatic carbocycles. The van der Waals surface area contributed by atoms with Gasteiger partial charge in [-0.1, -0.05) is 206 Å². The third-order valence-electron chi connectivity index (χ3n) is 11.5. The van der Waals surface area contributed by atoms with Gasteiger partial charge in [0.05, 0.1) is 19.8 Å². The Hall–Kier alpha value is -0.900. The fraction of sp³-hybridized carbons (Fsp3) is 0.978. The van der Waals surface area contributed by atoms with Crippen LogP contribution in [-0.2, 0) is 38.3 Å². The second kappa shape index (κ2) is 38.7. The van der Waals surface area contributed by atoms with Crippen LogP contribution in [0.2, 0.25) is 0 Å². The van der Waals surface area contributed by atoms with E-state index in [0.717, 1.165) is 38.5 Å². The third kappa shape index (κ3) is 32.4. The topological polar surface area (TPSA) is 178 Å². The molecule has 1 saturated heterocycles. The number of aliphatic hydroxyl groups is 3. The van der Waals surface area contributed by atoms with Gasteiger partial charge in [-0.2, -0.15) is 8.42 Å². The minimum atomic E-state index is -5.05. The molecule has 1 aliphatic rings. The lowest BCUT2D eigenvalue weighted by atomic mass is 9.99. The van der Waals surface area contributed by atoms with Gasteiger partial charge in [0, 0.05) is 13.0 Å². The van der Waals surface area contributed by atoms with E-state index >= 15 is 0 Å². The second-order valence-electron chi connectivity index (χ2n) is 17.1. The first kappa shape index (κ1) is 56.1. The number of carbonyl (C=O) groups is 1. The van der Waals surface area contributed by atoms with Crippen molar-refractivity contribution in [2.24, 2.45) is 0 Å². The highest BCUT2D eigenvalue weighted by Crippen LogP contribution is 2.26. The van der Waals surface area contributed by atoms with Gasteiger partial charge in [-0.25, -0.2) is 4.18 Å². The lowest BCUT2D eigenvalue weighted by Crippen LogP contribution is -2.60. The summed E-state index contributed by atoms with van der Waals surface area (Å²) in [6, 6.07) is 0. The van der Waals surface area contributed by atoms with Gasteiger partial charge in [-0.3, -0.25) is 9.35 Å². The molecule has 1 fully saturated rings. The monoisotopic (exact) mass is 867 g/mol. The highest BCUT2D eigenvalue weighted by Gasteiger charge is 2.48. The largest absolute Gasteiger partial charge is 0.457 e. The number of esters is 1. The molecule has 0 bridgehead atoms. The Morgan fingerprint density at radius 1 is 0.576 bits per heavy atom. The quantitative estimate of drug-likeness (QED) is 0.0259. The van der Waals surface area contributed by atoms with Crippen molar-refractivity contribution in [2.75, 3.05) is 26.4 Å². The van der Waals surface area contributed by atoms with Crippen LogP contribution >= 0.6 is 0 Å². The first-order chi connectivity index (χ1) is 28.6. The molecule has 12 nitrogen and oxygen atoms in total. The summed E-state index contributed by atoms with van der Waals surface area (Å²) in [5.41, 5.74) is 0. The first-order valence-corrected chi connectivity index (χ1v) is 25.7. The standard InChI is InChI=1S/C46H90O12S/c1-3-5-7-9-11-13-14-15-16-17-18-19-20-21-22-23-24-25-26-28-30-32-34-36-54-38-40(56-42(48)35-33-31-29-27-12-10-8-6-4-2)39-55-46-44(50)45(58-59(51,52)53)43(49)41(37-47)57-46/h40-41,43-47,49-50H,3-39H2,1-2H3,(H,51,52,53). The minimum absolute atomic E-state index is 0.0443. The van der Waals surface area contributed by atoms with Gasteiger partial charge in [0.2, 0.25) is 0 Å². The van der Waals surface area contributed by atoms with Gasteiger partial charge in [0.25, 0.3) is 0 Å². The van der Waals surface area contributed by atoms with Gasteiger partial charge in [0.1, 0.15) is 30.5 Å². The summed E-state index contributed by atoms with van der Waals surface area (Å²) >= 11 is 0. The Morgan fingerprint density at radius 2 is 0.966 bits per heavy atom. The van der Waals surface area contributed by atoms with E-state index in [1.807, 2.05) is 0 Å². The molecule has 59 heavy (non-hydrogen) atoms. The van der Waals surface area contributed by atoms with Crippen molar-refractivity contribution in [3.8, 4) is 0 Å². The molecule has 0 saturated carbocycles. The van der Waals surface area contributed by atoms with E-state index in [-0.39, 0.29) is 19.6 Å². The fourth-order valence-corrected chi connectivity index (χ4v) is 8.30. The fourth-order valence-electron chi connectivity index (χ4n) is 7.79. The van der Waals surface area contributed by atoms with Gasteiger partial charge in [-0.15, -0.1) is 0 Å². The molecule has 6 atom stereocenters. The number of aliphatic hydroxyl groups excluding tert-OH is 3. The molecule has 0 aromatic rings. The molecule has 0 radical (unpaired) electrons. The van der Waals surface area contributed by atoms with Gasteiger partial charge in [0.15, 0.2) is 6.29 Å². The molecule has 1 heterocycles. The highest BCUT2D eigenvalue weighted by molar-refractivity contribution is 7.80. The van der Waals surface area contributed by atoms with E-state index < -0.39 is 59.8 Å². The zero-order valence-electron chi connectivity index (χ0n) is 37.6. The number of hydrogen-bond acceptors (Lipinski definition) is 11. The molecule has 0 aromatic heterocycles. The lowest BCUT2D eigenvalue weighted by molar-refractivity contribution is -0.301. The maximum atomic E-state index is 12.8. The predicted octanol–water partition coefficient (Wildman–Crippen LogP) is 10.5. The van der Waals surface area contributed by atoms with Crippen molar-refractivity contribution in [1.29, 1.82) is 0 Å². The summed E-state index contributed by atoms with van der Waals surface area (Å²) in [5, 5.41) is 30.6. The summed E-state index contributed by atoms with van der Waals surface area (Å²) in [6.45, 7) is 4.01. The van der Waals surface area contributed by atoms with Gasteiger partial charge in [-0.05, 0) is 12.8 Å². The average molecular weight is 867 g/mol. The Balaban J connectivity index is 2.27. The Morgan fingerprint density at radius 3 is 1.36 bits per heavy atom. The summed E-state index contributed by atoms with van der Waals surface area (Å²) in [7, 11) is -5.05. The van der Waals surface area contributed by atoms with Crippen molar-refractivity contribution < 1.29 is 56.2 Å². The molecule has 1 rings (SSSR count). The van der Waals surface area contributed by atoms with E-state index in [4.69, 9.17) is 23.5 Å². The zero-order chi connectivity index (χ0) is 43.2. The molecule has 1 aliphatic heterocycles. The van der Waals surface area contributed by atoms with Crippen LogP contribution in [0.25, 0.3) is 0 Å². The molecular formula is C46H90O12S. The van der Waals surface area contributed by atoms with Crippen molar-refractivity contribution in [1.82, 2.24) is 0 Å². The van der Waals surface area contributed by atoms with Crippen molar-refractivity contribution in [3.05, 3.63) is 0 Å². The number of unbranched alkanes of at least 4 members (excludes halogenated alkanes) is 30.